The molecule has 2 aromatic carbocycles. The van der Waals surface area contributed by atoms with Crippen molar-refractivity contribution in [3.63, 3.8) is 0 Å². The number of carbonyl (C=O) groups is 1. The van der Waals surface area contributed by atoms with Crippen LogP contribution in [-0.2, 0) is 0 Å². The minimum absolute atomic E-state index is 0. The van der Waals surface area contributed by atoms with Gasteiger partial charge < -0.3 is 9.47 Å². The Labute approximate surface area is 146 Å². The van der Waals surface area contributed by atoms with Gasteiger partial charge in [-0.2, -0.15) is 0 Å². The van der Waals surface area contributed by atoms with Crippen LogP contribution < -0.4 is 14.8 Å². The standard InChI is InChI=1S/C15H14BrO3P.Li/c1-18-12-9-8-11(16)14(19-2)13(12)15(17)20-10-6-4-3-5-7-10;/h3-9,20H,1-2H3;. The third-order valence-electron chi connectivity index (χ3n) is 2.75. The number of rotatable bonds is 5. The topological polar surface area (TPSA) is 35.5 Å². The van der Waals surface area contributed by atoms with E-state index in [1.807, 2.05) is 30.3 Å². The van der Waals surface area contributed by atoms with Crippen LogP contribution in [0.2, 0.25) is 0 Å². The normalized spacial score (nSPS) is 10.2. The maximum absolute atomic E-state index is 12.6. The van der Waals surface area contributed by atoms with Crippen molar-refractivity contribution in [3.8, 4) is 11.5 Å². The minimum atomic E-state index is -0.00815. The van der Waals surface area contributed by atoms with E-state index in [9.17, 15) is 4.79 Å². The number of hydrogen-bond donors (Lipinski definition) is 0. The molecule has 21 heavy (non-hydrogen) atoms. The smallest absolute Gasteiger partial charge is 0.193 e. The minimum Gasteiger partial charge on any atom is -0.496 e. The van der Waals surface area contributed by atoms with Crippen molar-refractivity contribution in [3.05, 3.63) is 52.5 Å². The van der Waals surface area contributed by atoms with Gasteiger partial charge in [-0.15, -0.1) is 0 Å². The van der Waals surface area contributed by atoms with Gasteiger partial charge in [-0.05, 0) is 41.9 Å². The van der Waals surface area contributed by atoms with Crippen LogP contribution in [0, 0.1) is 0 Å². The molecule has 3 nitrogen and oxygen atoms in total. The molecule has 0 spiro atoms. The fourth-order valence-electron chi connectivity index (χ4n) is 1.84. The number of halogens is 1. The predicted octanol–water partition coefficient (Wildman–Crippen LogP) is 3.23. The molecule has 0 saturated heterocycles. The molecule has 0 heterocycles. The fraction of sp³-hybridized carbons (Fsp3) is 0.133. The van der Waals surface area contributed by atoms with E-state index in [0.717, 1.165) is 9.78 Å². The summed E-state index contributed by atoms with van der Waals surface area (Å²) in [7, 11) is 3.12. The average molecular weight is 360 g/mol. The molecule has 0 aromatic heterocycles. The molecule has 1 radical (unpaired) electrons. The fourth-order valence-corrected chi connectivity index (χ4v) is 3.31. The Kier molecular flexibility index (Phi) is 7.49. The largest absolute Gasteiger partial charge is 0.496 e. The summed E-state index contributed by atoms with van der Waals surface area (Å²) in [5.41, 5.74) is 0.470. The molecule has 0 fully saturated rings. The number of methoxy groups -OCH3 is 2. The van der Waals surface area contributed by atoms with Gasteiger partial charge in [-0.3, -0.25) is 4.79 Å². The van der Waals surface area contributed by atoms with Gasteiger partial charge in [0.05, 0.1) is 18.7 Å². The van der Waals surface area contributed by atoms with Crippen molar-refractivity contribution in [1.29, 1.82) is 0 Å². The number of ether oxygens (including phenoxy) is 2. The summed E-state index contributed by atoms with van der Waals surface area (Å²) in [6.07, 6.45) is 0. The quantitative estimate of drug-likeness (QED) is 0.607. The van der Waals surface area contributed by atoms with Gasteiger partial charge >= 0.3 is 0 Å². The Bertz CT molecular complexity index is 620. The van der Waals surface area contributed by atoms with E-state index in [1.54, 1.807) is 26.4 Å². The second-order valence-corrected chi connectivity index (χ2v) is 6.11. The van der Waals surface area contributed by atoms with Crippen LogP contribution in [0.4, 0.5) is 0 Å². The summed E-state index contributed by atoms with van der Waals surface area (Å²) >= 11 is 3.39. The summed E-state index contributed by atoms with van der Waals surface area (Å²) in [6, 6.07) is 13.2. The molecular weight excluding hydrogens is 346 g/mol. The summed E-state index contributed by atoms with van der Waals surface area (Å²) in [4.78, 5) is 12.6. The van der Waals surface area contributed by atoms with Crippen molar-refractivity contribution in [2.45, 2.75) is 0 Å². The van der Waals surface area contributed by atoms with E-state index in [0.29, 0.717) is 17.1 Å². The van der Waals surface area contributed by atoms with Crippen molar-refractivity contribution in [1.82, 2.24) is 0 Å². The van der Waals surface area contributed by atoms with Crippen LogP contribution in [0.25, 0.3) is 0 Å². The SMILES string of the molecule is COc1ccc(Br)c(OC)c1C(=O)Pc1ccccc1.[Li]. The van der Waals surface area contributed by atoms with E-state index in [2.05, 4.69) is 15.9 Å². The third kappa shape index (κ3) is 4.34. The molecule has 0 N–H and O–H groups in total. The first-order valence-electron chi connectivity index (χ1n) is 5.94. The first kappa shape index (κ1) is 18.3. The van der Waals surface area contributed by atoms with Gasteiger partial charge in [0.25, 0.3) is 0 Å². The van der Waals surface area contributed by atoms with Crippen molar-refractivity contribution < 1.29 is 14.3 Å². The van der Waals surface area contributed by atoms with E-state index in [1.165, 1.54) is 0 Å². The molecule has 0 aliphatic rings. The molecular formula is C15H14BrLiO3P. The Hall–Kier alpha value is -0.783. The van der Waals surface area contributed by atoms with Crippen LogP contribution in [0.1, 0.15) is 10.4 Å². The van der Waals surface area contributed by atoms with Crippen LogP contribution in [0.15, 0.2) is 46.9 Å². The van der Waals surface area contributed by atoms with Gasteiger partial charge in [0, 0.05) is 18.9 Å². The molecule has 1 atom stereocenters. The predicted molar refractivity (Wildman–Crippen MR) is 91.7 cm³/mol. The molecule has 6 heteroatoms. The van der Waals surface area contributed by atoms with E-state index in [4.69, 9.17) is 9.47 Å². The zero-order valence-electron chi connectivity index (χ0n) is 12.1. The maximum Gasteiger partial charge on any atom is 0.193 e. The van der Waals surface area contributed by atoms with Crippen molar-refractivity contribution in [2.75, 3.05) is 14.2 Å². The second kappa shape index (κ2) is 8.61. The first-order valence-corrected chi connectivity index (χ1v) is 7.73. The molecule has 2 rings (SSSR count). The molecule has 0 aliphatic heterocycles. The van der Waals surface area contributed by atoms with Crippen LogP contribution in [0.5, 0.6) is 11.5 Å². The van der Waals surface area contributed by atoms with Crippen LogP contribution in [0.3, 0.4) is 0 Å². The van der Waals surface area contributed by atoms with Crippen LogP contribution in [-0.4, -0.2) is 38.6 Å². The molecule has 0 amide bonds. The Morgan fingerprint density at radius 3 is 2.29 bits per heavy atom. The zero-order chi connectivity index (χ0) is 14.5. The Morgan fingerprint density at radius 2 is 1.71 bits per heavy atom. The molecule has 105 valence electrons. The van der Waals surface area contributed by atoms with E-state index in [-0.39, 0.29) is 33.0 Å². The number of hydrogen-bond acceptors (Lipinski definition) is 3. The summed E-state index contributed by atoms with van der Waals surface area (Å²) in [5.74, 6) is 1.04. The Morgan fingerprint density at radius 1 is 1.05 bits per heavy atom. The molecule has 0 bridgehead atoms. The van der Waals surface area contributed by atoms with Gasteiger partial charge in [-0.25, -0.2) is 0 Å². The third-order valence-corrected chi connectivity index (χ3v) is 4.48. The van der Waals surface area contributed by atoms with Crippen molar-refractivity contribution in [2.24, 2.45) is 0 Å². The average Bonchev–Trinajstić information content (AvgIpc) is 2.47. The van der Waals surface area contributed by atoms with Crippen molar-refractivity contribution >= 4 is 54.2 Å². The molecule has 1 unspecified atom stereocenters. The van der Waals surface area contributed by atoms with Gasteiger partial charge in [0.1, 0.15) is 17.1 Å². The van der Waals surface area contributed by atoms with Gasteiger partial charge in [0.2, 0.25) is 0 Å². The van der Waals surface area contributed by atoms with Crippen LogP contribution >= 0.6 is 24.5 Å². The number of benzene rings is 2. The monoisotopic (exact) mass is 359 g/mol. The zero-order valence-corrected chi connectivity index (χ0v) is 14.7. The van der Waals surface area contributed by atoms with E-state index >= 15 is 0 Å². The van der Waals surface area contributed by atoms with Gasteiger partial charge in [0.15, 0.2) is 5.52 Å². The summed E-state index contributed by atoms with van der Waals surface area (Å²) in [6.45, 7) is 0. The first-order chi connectivity index (χ1) is 9.67. The summed E-state index contributed by atoms with van der Waals surface area (Å²) < 4.78 is 11.4. The molecule has 0 saturated carbocycles. The number of carbonyl (C=O) groups excluding carboxylic acids is 1. The maximum atomic E-state index is 12.6. The molecule has 2 aromatic rings. The summed E-state index contributed by atoms with van der Waals surface area (Å²) in [5, 5.41) is 0.988. The second-order valence-electron chi connectivity index (χ2n) is 3.98. The van der Waals surface area contributed by atoms with E-state index < -0.39 is 0 Å². The Balaban J connectivity index is 0.00000220. The van der Waals surface area contributed by atoms with Gasteiger partial charge in [-0.1, -0.05) is 30.3 Å². The molecule has 0 aliphatic carbocycles.